The van der Waals surface area contributed by atoms with Gasteiger partial charge in [-0.2, -0.15) is 0 Å². The maximum atomic E-state index is 13.6. The molecule has 0 fully saturated rings. The van der Waals surface area contributed by atoms with Gasteiger partial charge in [0.25, 0.3) is 0 Å². The Morgan fingerprint density at radius 2 is 1.90 bits per heavy atom. The molecular weight excluding hydrogens is 383 g/mol. The summed E-state index contributed by atoms with van der Waals surface area (Å²) in [4.78, 5) is 35.9. The van der Waals surface area contributed by atoms with Crippen molar-refractivity contribution in [2.45, 2.75) is 26.3 Å². The van der Waals surface area contributed by atoms with Crippen LogP contribution in [0.5, 0.6) is 5.75 Å². The summed E-state index contributed by atoms with van der Waals surface area (Å²) in [5, 5.41) is 11.0. The lowest BCUT2D eigenvalue weighted by Gasteiger charge is -2.15. The van der Waals surface area contributed by atoms with E-state index in [0.29, 0.717) is 17.0 Å². The van der Waals surface area contributed by atoms with Crippen molar-refractivity contribution in [3.05, 3.63) is 75.6 Å². The van der Waals surface area contributed by atoms with Crippen molar-refractivity contribution in [1.82, 2.24) is 5.01 Å². The molecule has 0 unspecified atom stereocenters. The lowest BCUT2D eigenvalue weighted by Crippen LogP contribution is -2.36. The number of hydrogen-bond donors (Lipinski definition) is 0. The van der Waals surface area contributed by atoms with Gasteiger partial charge in [0.2, 0.25) is 0 Å². The molecule has 2 rings (SSSR count). The maximum absolute atomic E-state index is 13.6. The number of rotatable bonds is 10. The minimum absolute atomic E-state index is 0.222. The number of halogens is 1. The molecule has 2 aromatic rings. The lowest BCUT2D eigenvalue weighted by molar-refractivity contribution is -0.635. The second kappa shape index (κ2) is 10.7. The predicted octanol–water partition coefficient (Wildman–Crippen LogP) is 3.38. The van der Waals surface area contributed by atoms with Crippen molar-refractivity contribution in [3.63, 3.8) is 0 Å². The van der Waals surface area contributed by atoms with Crippen LogP contribution in [0.15, 0.2) is 48.5 Å². The Hall–Kier alpha value is -3.49. The molecule has 1 amide bonds. The van der Waals surface area contributed by atoms with Gasteiger partial charge in [-0.15, -0.1) is 0 Å². The number of hydrogen-bond acceptors (Lipinski definition) is 6. The summed E-state index contributed by atoms with van der Waals surface area (Å²) in [6.07, 6.45) is 1.53. The highest BCUT2D eigenvalue weighted by molar-refractivity contribution is 5.96. The van der Waals surface area contributed by atoms with Crippen LogP contribution in [0.4, 0.5) is 4.39 Å². The van der Waals surface area contributed by atoms with Crippen LogP contribution >= 0.6 is 0 Å². The lowest BCUT2D eigenvalue weighted by atomic mass is 10.1. The quantitative estimate of drug-likeness (QED) is 0.261. The van der Waals surface area contributed by atoms with Crippen molar-refractivity contribution in [3.8, 4) is 5.75 Å². The highest BCUT2D eigenvalue weighted by Crippen LogP contribution is 2.23. The molecule has 0 spiro atoms. The third kappa shape index (κ3) is 6.56. The van der Waals surface area contributed by atoms with E-state index in [1.54, 1.807) is 30.3 Å². The molecule has 0 atom stereocenters. The molecule has 154 valence electrons. The summed E-state index contributed by atoms with van der Waals surface area (Å²) in [6.45, 7) is 1.32. The average Bonchev–Trinajstić information content (AvgIpc) is 2.71. The molecule has 0 saturated carbocycles. The fourth-order valence-corrected chi connectivity index (χ4v) is 2.40. The molecule has 2 aromatic carbocycles. The predicted molar refractivity (Wildman–Crippen MR) is 101 cm³/mol. The van der Waals surface area contributed by atoms with E-state index in [9.17, 15) is 24.1 Å². The minimum Gasteiger partial charge on any atom is -0.481 e. The van der Waals surface area contributed by atoms with Crippen molar-refractivity contribution < 1.29 is 28.5 Å². The van der Waals surface area contributed by atoms with Gasteiger partial charge in [-0.05, 0) is 24.1 Å². The molecule has 0 aromatic heterocycles. The number of nitro groups is 1. The van der Waals surface area contributed by atoms with E-state index in [0.717, 1.165) is 24.6 Å². The van der Waals surface area contributed by atoms with Crippen LogP contribution in [0.25, 0.3) is 0 Å². The van der Waals surface area contributed by atoms with E-state index in [2.05, 4.69) is 0 Å². The summed E-state index contributed by atoms with van der Waals surface area (Å²) in [6, 6.07) is 11.4. The fourth-order valence-electron chi connectivity index (χ4n) is 2.40. The number of esters is 1. The van der Waals surface area contributed by atoms with Gasteiger partial charge in [0.05, 0.1) is 12.2 Å². The first-order valence-electron chi connectivity index (χ1n) is 9.00. The number of nitrogens with zero attached hydrogens (tertiary/aromatic N) is 2. The second-order valence-electron chi connectivity index (χ2n) is 6.09. The van der Waals surface area contributed by atoms with E-state index < -0.39 is 29.3 Å². The van der Waals surface area contributed by atoms with Gasteiger partial charge in [0.1, 0.15) is 18.1 Å². The summed E-state index contributed by atoms with van der Waals surface area (Å²) in [7, 11) is 0. The molecule has 0 radical (unpaired) electrons. The standard InChI is InChI=1S/C20H21FN2O6/c1-2-3-11-28-19(24)14-29-18-12-16(21)9-10-17(18)20(25)22(23(26)27)13-15-7-5-4-6-8-15/h4-10,12H,2-3,11,13-14H2,1H3. The number of amides is 1. The summed E-state index contributed by atoms with van der Waals surface area (Å²) >= 11 is 0. The van der Waals surface area contributed by atoms with Crippen molar-refractivity contribution in [1.29, 1.82) is 0 Å². The number of hydrazine groups is 1. The molecule has 8 nitrogen and oxygen atoms in total. The Morgan fingerprint density at radius 1 is 1.17 bits per heavy atom. The average molecular weight is 404 g/mol. The molecule has 0 aliphatic heterocycles. The maximum Gasteiger partial charge on any atom is 0.344 e. The zero-order valence-corrected chi connectivity index (χ0v) is 15.9. The van der Waals surface area contributed by atoms with Crippen LogP contribution in [0.3, 0.4) is 0 Å². The SMILES string of the molecule is CCCCOC(=O)COc1cc(F)ccc1C(=O)N(Cc1ccccc1)[N+](=O)[O-]. The van der Waals surface area contributed by atoms with Crippen molar-refractivity contribution in [2.75, 3.05) is 13.2 Å². The first-order valence-corrected chi connectivity index (χ1v) is 9.00. The minimum atomic E-state index is -0.992. The largest absolute Gasteiger partial charge is 0.481 e. The zero-order chi connectivity index (χ0) is 21.2. The van der Waals surface area contributed by atoms with Crippen LogP contribution < -0.4 is 4.74 Å². The Morgan fingerprint density at radius 3 is 2.55 bits per heavy atom. The Balaban J connectivity index is 2.17. The number of ether oxygens (including phenoxy) is 2. The normalized spacial score (nSPS) is 10.3. The molecule has 0 saturated heterocycles. The number of carbonyl (C=O) groups is 2. The fraction of sp³-hybridized carbons (Fsp3) is 0.300. The molecule has 0 bridgehead atoms. The van der Waals surface area contributed by atoms with Gasteiger partial charge in [-0.3, -0.25) is 4.79 Å². The molecular formula is C20H21FN2O6. The van der Waals surface area contributed by atoms with Gasteiger partial charge in [0, 0.05) is 6.07 Å². The third-order valence-electron chi connectivity index (χ3n) is 3.89. The van der Waals surface area contributed by atoms with E-state index in [-0.39, 0.29) is 24.5 Å². The third-order valence-corrected chi connectivity index (χ3v) is 3.89. The molecule has 29 heavy (non-hydrogen) atoms. The van der Waals surface area contributed by atoms with Crippen LogP contribution in [0.2, 0.25) is 0 Å². The highest BCUT2D eigenvalue weighted by atomic mass is 19.1. The smallest absolute Gasteiger partial charge is 0.344 e. The van der Waals surface area contributed by atoms with Crippen LogP contribution in [-0.4, -0.2) is 35.1 Å². The van der Waals surface area contributed by atoms with Gasteiger partial charge >= 0.3 is 11.9 Å². The summed E-state index contributed by atoms with van der Waals surface area (Å²) in [5.41, 5.74) is 0.307. The molecule has 0 heterocycles. The second-order valence-corrected chi connectivity index (χ2v) is 6.09. The van der Waals surface area contributed by atoms with E-state index in [1.165, 1.54) is 0 Å². The van der Waals surface area contributed by atoms with Crippen LogP contribution in [-0.2, 0) is 16.1 Å². The van der Waals surface area contributed by atoms with E-state index in [4.69, 9.17) is 9.47 Å². The Labute approximate surface area is 167 Å². The molecule has 9 heteroatoms. The zero-order valence-electron chi connectivity index (χ0n) is 15.9. The molecule has 0 aliphatic rings. The Bertz CT molecular complexity index is 859. The topological polar surface area (TPSA) is 99.0 Å². The van der Waals surface area contributed by atoms with Crippen molar-refractivity contribution >= 4 is 11.9 Å². The number of benzene rings is 2. The van der Waals surface area contributed by atoms with Crippen LogP contribution in [0.1, 0.15) is 35.7 Å². The molecule has 0 aliphatic carbocycles. The monoisotopic (exact) mass is 404 g/mol. The highest BCUT2D eigenvalue weighted by Gasteiger charge is 2.29. The van der Waals surface area contributed by atoms with E-state index in [1.807, 2.05) is 6.92 Å². The first-order chi connectivity index (χ1) is 13.9. The Kier molecular flexibility index (Phi) is 8.08. The summed E-state index contributed by atoms with van der Waals surface area (Å²) in [5.74, 6) is -2.67. The first kappa shape index (κ1) is 21.8. The van der Waals surface area contributed by atoms with Gasteiger partial charge in [0.15, 0.2) is 11.6 Å². The van der Waals surface area contributed by atoms with Crippen LogP contribution in [0, 0.1) is 15.9 Å². The molecule has 0 N–H and O–H groups in total. The van der Waals surface area contributed by atoms with Gasteiger partial charge in [-0.1, -0.05) is 48.7 Å². The van der Waals surface area contributed by atoms with Crippen molar-refractivity contribution in [2.24, 2.45) is 0 Å². The van der Waals surface area contributed by atoms with Gasteiger partial charge < -0.3 is 9.47 Å². The number of carbonyl (C=O) groups excluding carboxylic acids is 2. The summed E-state index contributed by atoms with van der Waals surface area (Å²) < 4.78 is 23.8. The van der Waals surface area contributed by atoms with E-state index >= 15 is 0 Å². The number of unbranched alkanes of at least 4 members (excludes halogenated alkanes) is 1. The van der Waals surface area contributed by atoms with Gasteiger partial charge in [-0.25, -0.2) is 19.3 Å².